The Morgan fingerprint density at radius 3 is 1.97 bits per heavy atom. The summed E-state index contributed by atoms with van der Waals surface area (Å²) >= 11 is 1.71. The van der Waals surface area contributed by atoms with Crippen molar-refractivity contribution >= 4 is 33.0 Å². The maximum absolute atomic E-state index is 7.91. The predicted molar refractivity (Wildman–Crippen MR) is 160 cm³/mol. The molecule has 1 heterocycles. The van der Waals surface area contributed by atoms with E-state index in [4.69, 9.17) is 16.1 Å². The van der Waals surface area contributed by atoms with E-state index in [1.807, 2.05) is 109 Å². The fourth-order valence-corrected chi connectivity index (χ4v) is 4.97. The molecule has 0 aliphatic rings. The number of aromatic nitrogens is 1. The van der Waals surface area contributed by atoms with Crippen LogP contribution < -0.4 is 29.6 Å². The number of benzene rings is 5. The standard InChI is InChI=1S/C19H11NS.C15H13N2.Na/c1-3-8-14(9-4-1)16-12-7-13-17-18(16)21-19(20-17)15-10-5-2-6-11-15;16-14(12-7-3-1-4-8-12)11-15(17)13-9-5-2-6-10-13;/h1-8,10-11,13H;1-11,16-17H;/q-2;-1;+1/b;14-11-,17-15?;. The second kappa shape index (κ2) is 13.8. The molecule has 3 nitrogen and oxygen atoms in total. The fraction of sp³-hybridized carbons (Fsp3) is 0. The van der Waals surface area contributed by atoms with Crippen LogP contribution >= 0.6 is 11.3 Å². The van der Waals surface area contributed by atoms with Crippen molar-refractivity contribution in [3.8, 4) is 21.7 Å². The molecule has 184 valence electrons. The zero-order chi connectivity index (χ0) is 26.2. The number of nitrogens with zero attached hydrogens (tertiary/aromatic N) is 1. The van der Waals surface area contributed by atoms with Crippen LogP contribution in [0.15, 0.2) is 133 Å². The Kier molecular flexibility index (Phi) is 10.0. The van der Waals surface area contributed by atoms with Gasteiger partial charge in [0, 0.05) is 5.56 Å². The van der Waals surface area contributed by atoms with Crippen LogP contribution in [-0.2, 0) is 0 Å². The van der Waals surface area contributed by atoms with Gasteiger partial charge in [-0.15, -0.1) is 17.8 Å². The third-order valence-corrected chi connectivity index (χ3v) is 6.94. The van der Waals surface area contributed by atoms with E-state index < -0.39 is 0 Å². The van der Waals surface area contributed by atoms with Crippen molar-refractivity contribution < 1.29 is 29.6 Å². The SMILES string of the molecule is N=C(/C=C(\[NH-])c1ccccc1)c1ccccc1.[Na+].[c-]1ccccc1-c1[c-]ccc2nc(-c3ccccc3)sc12. The first kappa shape index (κ1) is 28.2. The normalized spacial score (nSPS) is 10.7. The van der Waals surface area contributed by atoms with Gasteiger partial charge in [-0.25, -0.2) is 11.1 Å². The van der Waals surface area contributed by atoms with Crippen LogP contribution in [0.3, 0.4) is 0 Å². The Bertz CT molecular complexity index is 1660. The Morgan fingerprint density at radius 1 is 0.718 bits per heavy atom. The van der Waals surface area contributed by atoms with Crippen molar-refractivity contribution in [3.05, 3.63) is 162 Å². The van der Waals surface area contributed by atoms with Gasteiger partial charge in [-0.1, -0.05) is 102 Å². The third-order valence-electron chi connectivity index (χ3n) is 5.81. The van der Waals surface area contributed by atoms with Crippen molar-refractivity contribution in [3.63, 3.8) is 0 Å². The molecule has 0 fully saturated rings. The second-order valence-corrected chi connectivity index (χ2v) is 9.43. The number of hydrogen-bond donors (Lipinski definition) is 1. The minimum absolute atomic E-state index is 0. The van der Waals surface area contributed by atoms with E-state index in [1.165, 1.54) is 4.70 Å². The number of nitrogens with one attached hydrogen (secondary N) is 2. The van der Waals surface area contributed by atoms with Gasteiger partial charge in [0.25, 0.3) is 0 Å². The van der Waals surface area contributed by atoms with Crippen LogP contribution in [-0.4, -0.2) is 10.7 Å². The molecule has 1 aromatic heterocycles. The van der Waals surface area contributed by atoms with Crippen LogP contribution in [0.1, 0.15) is 11.1 Å². The molecule has 0 aliphatic carbocycles. The largest absolute Gasteiger partial charge is 1.00 e. The van der Waals surface area contributed by atoms with Crippen LogP contribution in [0.25, 0.3) is 43.3 Å². The number of allylic oxidation sites excluding steroid dienone is 1. The van der Waals surface area contributed by atoms with E-state index in [0.717, 1.165) is 38.3 Å². The van der Waals surface area contributed by atoms with E-state index in [1.54, 1.807) is 17.4 Å². The molecule has 0 spiro atoms. The summed E-state index contributed by atoms with van der Waals surface area (Å²) in [6.07, 6.45) is 1.57. The van der Waals surface area contributed by atoms with E-state index >= 15 is 0 Å². The smallest absolute Gasteiger partial charge is 0.698 e. The Hall–Kier alpha value is -3.80. The molecular weight excluding hydrogens is 505 g/mol. The first-order chi connectivity index (χ1) is 18.7. The van der Waals surface area contributed by atoms with E-state index in [-0.39, 0.29) is 29.6 Å². The third kappa shape index (κ3) is 7.20. The van der Waals surface area contributed by atoms with Gasteiger partial charge in [-0.2, -0.15) is 47.7 Å². The predicted octanol–water partition coefficient (Wildman–Crippen LogP) is 6.38. The van der Waals surface area contributed by atoms with E-state index in [0.29, 0.717) is 11.4 Å². The zero-order valence-electron chi connectivity index (χ0n) is 21.6. The summed E-state index contributed by atoms with van der Waals surface area (Å²) in [6, 6.07) is 47.7. The number of rotatable bonds is 5. The molecule has 0 saturated carbocycles. The Balaban J connectivity index is 0.000000181. The van der Waals surface area contributed by atoms with E-state index in [2.05, 4.69) is 30.3 Å². The van der Waals surface area contributed by atoms with Gasteiger partial charge in [-0.05, 0) is 16.6 Å². The maximum atomic E-state index is 7.91. The molecule has 5 heteroatoms. The summed E-state index contributed by atoms with van der Waals surface area (Å²) < 4.78 is 1.17. The molecule has 2 N–H and O–H groups in total. The summed E-state index contributed by atoms with van der Waals surface area (Å²) in [5, 5.41) is 8.96. The molecule has 0 unspecified atom stereocenters. The summed E-state index contributed by atoms with van der Waals surface area (Å²) in [7, 11) is 0. The average Bonchev–Trinajstić information content (AvgIpc) is 3.44. The minimum atomic E-state index is 0. The summed E-state index contributed by atoms with van der Waals surface area (Å²) in [5.74, 6) is 0. The molecule has 0 amide bonds. The quantitative estimate of drug-likeness (QED) is 0.157. The van der Waals surface area contributed by atoms with Crippen molar-refractivity contribution in [2.45, 2.75) is 0 Å². The summed E-state index contributed by atoms with van der Waals surface area (Å²) in [5.41, 5.74) is 14.6. The number of fused-ring (bicyclic) bond motifs is 1. The second-order valence-electron chi connectivity index (χ2n) is 8.43. The Morgan fingerprint density at radius 2 is 1.33 bits per heavy atom. The van der Waals surface area contributed by atoms with Crippen LogP contribution in [0.5, 0.6) is 0 Å². The molecule has 0 bridgehead atoms. The average molecular weight is 530 g/mol. The van der Waals surface area contributed by atoms with Crippen molar-refractivity contribution in [1.29, 1.82) is 5.41 Å². The minimum Gasteiger partial charge on any atom is -0.698 e. The van der Waals surface area contributed by atoms with Gasteiger partial charge in [0.1, 0.15) is 5.01 Å². The van der Waals surface area contributed by atoms with Gasteiger partial charge in [0.2, 0.25) is 0 Å². The number of hydrogen-bond acceptors (Lipinski definition) is 3. The molecular formula is C34H24N3NaS-2. The topological polar surface area (TPSA) is 60.5 Å². The van der Waals surface area contributed by atoms with Gasteiger partial charge >= 0.3 is 29.6 Å². The van der Waals surface area contributed by atoms with Gasteiger partial charge in [0.15, 0.2) is 0 Å². The molecule has 0 saturated heterocycles. The first-order valence-electron chi connectivity index (χ1n) is 12.2. The molecule has 39 heavy (non-hydrogen) atoms. The number of thiazole rings is 1. The van der Waals surface area contributed by atoms with Crippen molar-refractivity contribution in [1.82, 2.24) is 4.98 Å². The van der Waals surface area contributed by atoms with Crippen LogP contribution in [0, 0.1) is 17.5 Å². The molecule has 6 aromatic rings. The van der Waals surface area contributed by atoms with Crippen LogP contribution in [0.4, 0.5) is 0 Å². The van der Waals surface area contributed by atoms with Crippen molar-refractivity contribution in [2.24, 2.45) is 0 Å². The molecule has 5 aromatic carbocycles. The van der Waals surface area contributed by atoms with Crippen LogP contribution in [0.2, 0.25) is 0 Å². The monoisotopic (exact) mass is 529 g/mol. The maximum Gasteiger partial charge on any atom is 1.00 e. The fourth-order valence-electron chi connectivity index (χ4n) is 3.89. The summed E-state index contributed by atoms with van der Waals surface area (Å²) in [4.78, 5) is 4.75. The van der Waals surface area contributed by atoms with E-state index in [9.17, 15) is 0 Å². The summed E-state index contributed by atoms with van der Waals surface area (Å²) in [6.45, 7) is 0. The molecule has 6 rings (SSSR count). The zero-order valence-corrected chi connectivity index (χ0v) is 24.4. The van der Waals surface area contributed by atoms with Gasteiger partial charge < -0.3 is 11.1 Å². The molecule has 0 aliphatic heterocycles. The first-order valence-corrected chi connectivity index (χ1v) is 13.0. The molecule has 0 atom stereocenters. The Labute approximate surface area is 255 Å². The van der Waals surface area contributed by atoms with Crippen molar-refractivity contribution in [2.75, 3.05) is 0 Å². The van der Waals surface area contributed by atoms with Gasteiger partial charge in [-0.3, -0.25) is 4.98 Å². The van der Waals surface area contributed by atoms with Gasteiger partial charge in [0.05, 0.1) is 5.71 Å². The molecule has 0 radical (unpaired) electrons.